The zero-order chi connectivity index (χ0) is 16.3. The lowest BCUT2D eigenvalue weighted by atomic mass is 9.95. The summed E-state index contributed by atoms with van der Waals surface area (Å²) in [6.07, 6.45) is 2.42. The molecule has 2 heterocycles. The summed E-state index contributed by atoms with van der Waals surface area (Å²) in [5, 5.41) is 10.7. The van der Waals surface area contributed by atoms with Crippen LogP contribution in [0.25, 0.3) is 0 Å². The van der Waals surface area contributed by atoms with Crippen LogP contribution < -0.4 is 4.74 Å². The number of rotatable bonds is 4. The highest BCUT2D eigenvalue weighted by Gasteiger charge is 2.41. The summed E-state index contributed by atoms with van der Waals surface area (Å²) in [6.45, 7) is 3.19. The van der Waals surface area contributed by atoms with E-state index in [-0.39, 0.29) is 18.4 Å². The number of amides is 1. The molecule has 0 bridgehead atoms. The van der Waals surface area contributed by atoms with Crippen molar-refractivity contribution in [3.8, 4) is 5.75 Å². The molecule has 5 heteroatoms. The molecule has 2 aliphatic heterocycles. The minimum Gasteiger partial charge on any atom is -0.491 e. The van der Waals surface area contributed by atoms with Crippen LogP contribution in [0.15, 0.2) is 30.3 Å². The summed E-state index contributed by atoms with van der Waals surface area (Å²) >= 11 is 0. The summed E-state index contributed by atoms with van der Waals surface area (Å²) in [5.74, 6) is 1.07. The maximum Gasteiger partial charge on any atom is 0.225 e. The van der Waals surface area contributed by atoms with E-state index in [0.717, 1.165) is 31.7 Å². The fourth-order valence-electron chi connectivity index (χ4n) is 3.41. The first-order valence-corrected chi connectivity index (χ1v) is 8.43. The standard InChI is InChI=1S/C18H26N2O3/c1-19-10-7-15(8-11-19)17(21)20-12-9-18(22,13-20)14-23-16-5-3-2-4-6-16/h2-6,15,22H,7-14H2,1H3. The van der Waals surface area contributed by atoms with E-state index < -0.39 is 5.60 Å². The Morgan fingerprint density at radius 2 is 1.96 bits per heavy atom. The molecule has 0 saturated carbocycles. The average molecular weight is 318 g/mol. The molecule has 0 spiro atoms. The second-order valence-electron chi connectivity index (χ2n) is 6.91. The molecule has 2 saturated heterocycles. The number of piperidine rings is 1. The predicted octanol–water partition coefficient (Wildman–Crippen LogP) is 1.37. The van der Waals surface area contributed by atoms with Crippen molar-refractivity contribution in [1.82, 2.24) is 9.80 Å². The van der Waals surface area contributed by atoms with E-state index in [1.165, 1.54) is 0 Å². The maximum absolute atomic E-state index is 12.6. The van der Waals surface area contributed by atoms with Gasteiger partial charge >= 0.3 is 0 Å². The fourth-order valence-corrected chi connectivity index (χ4v) is 3.41. The van der Waals surface area contributed by atoms with Crippen molar-refractivity contribution in [3.05, 3.63) is 30.3 Å². The minimum atomic E-state index is -0.934. The number of hydrogen-bond acceptors (Lipinski definition) is 4. The molecular formula is C18H26N2O3. The molecule has 0 radical (unpaired) electrons. The van der Waals surface area contributed by atoms with Crippen LogP contribution in [0.1, 0.15) is 19.3 Å². The van der Waals surface area contributed by atoms with E-state index in [1.54, 1.807) is 0 Å². The predicted molar refractivity (Wildman–Crippen MR) is 88.3 cm³/mol. The summed E-state index contributed by atoms with van der Waals surface area (Å²) in [7, 11) is 2.09. The second-order valence-corrected chi connectivity index (χ2v) is 6.91. The Hall–Kier alpha value is -1.59. The number of ether oxygens (including phenoxy) is 1. The van der Waals surface area contributed by atoms with E-state index in [4.69, 9.17) is 4.74 Å². The number of carbonyl (C=O) groups is 1. The van der Waals surface area contributed by atoms with Gasteiger partial charge in [0.15, 0.2) is 0 Å². The average Bonchev–Trinajstić information content (AvgIpc) is 2.97. The Bertz CT molecular complexity index is 528. The molecule has 0 aliphatic carbocycles. The van der Waals surface area contributed by atoms with Crippen molar-refractivity contribution in [2.45, 2.75) is 24.9 Å². The van der Waals surface area contributed by atoms with Crippen molar-refractivity contribution in [3.63, 3.8) is 0 Å². The van der Waals surface area contributed by atoms with Crippen molar-refractivity contribution in [2.75, 3.05) is 39.8 Å². The lowest BCUT2D eigenvalue weighted by Crippen LogP contribution is -2.44. The van der Waals surface area contributed by atoms with Crippen molar-refractivity contribution >= 4 is 5.91 Å². The minimum absolute atomic E-state index is 0.114. The molecular weight excluding hydrogens is 292 g/mol. The Balaban J connectivity index is 1.51. The van der Waals surface area contributed by atoms with E-state index >= 15 is 0 Å². The van der Waals surface area contributed by atoms with Crippen LogP contribution in [0.3, 0.4) is 0 Å². The normalized spacial score (nSPS) is 26.4. The molecule has 1 aromatic carbocycles. The lowest BCUT2D eigenvalue weighted by Gasteiger charge is -2.31. The van der Waals surface area contributed by atoms with Gasteiger partial charge in [0, 0.05) is 12.5 Å². The first-order chi connectivity index (χ1) is 11.1. The molecule has 2 aliphatic rings. The Morgan fingerprint density at radius 3 is 2.65 bits per heavy atom. The number of nitrogens with zero attached hydrogens (tertiary/aromatic N) is 2. The molecule has 1 unspecified atom stereocenters. The third-order valence-corrected chi connectivity index (χ3v) is 4.96. The van der Waals surface area contributed by atoms with E-state index in [9.17, 15) is 9.90 Å². The van der Waals surface area contributed by atoms with E-state index in [1.807, 2.05) is 35.2 Å². The number of hydrogen-bond donors (Lipinski definition) is 1. The number of para-hydroxylation sites is 1. The fraction of sp³-hybridized carbons (Fsp3) is 0.611. The van der Waals surface area contributed by atoms with Crippen LogP contribution in [0.4, 0.5) is 0 Å². The Labute approximate surface area is 137 Å². The SMILES string of the molecule is CN1CCC(C(=O)N2CCC(O)(COc3ccccc3)C2)CC1. The first-order valence-electron chi connectivity index (χ1n) is 8.43. The van der Waals surface area contributed by atoms with Crippen molar-refractivity contribution < 1.29 is 14.6 Å². The first kappa shape index (κ1) is 16.3. The summed E-state index contributed by atoms with van der Waals surface area (Å²) < 4.78 is 5.69. The third kappa shape index (κ3) is 4.03. The number of β-amino-alcohol motifs (C(OH)–C–C–N with tert-alkyl or cyclic N) is 1. The van der Waals surface area contributed by atoms with Gasteiger partial charge in [0.1, 0.15) is 18.0 Å². The molecule has 2 fully saturated rings. The molecule has 126 valence electrons. The van der Waals surface area contributed by atoms with E-state index in [0.29, 0.717) is 19.5 Å². The molecule has 3 rings (SSSR count). The van der Waals surface area contributed by atoms with Crippen LogP contribution in [0.5, 0.6) is 5.75 Å². The van der Waals surface area contributed by atoms with Crippen LogP contribution in [0.2, 0.25) is 0 Å². The van der Waals surface area contributed by atoms with Gasteiger partial charge in [-0.25, -0.2) is 0 Å². The maximum atomic E-state index is 12.6. The summed E-state index contributed by atoms with van der Waals surface area (Å²) in [5.41, 5.74) is -0.934. The number of aliphatic hydroxyl groups is 1. The quantitative estimate of drug-likeness (QED) is 0.911. The topological polar surface area (TPSA) is 53.0 Å². The molecule has 0 aromatic heterocycles. The molecule has 23 heavy (non-hydrogen) atoms. The zero-order valence-corrected chi connectivity index (χ0v) is 13.8. The second kappa shape index (κ2) is 6.89. The third-order valence-electron chi connectivity index (χ3n) is 4.96. The van der Waals surface area contributed by atoms with Crippen LogP contribution in [-0.4, -0.2) is 66.2 Å². The molecule has 1 N–H and O–H groups in total. The number of benzene rings is 1. The smallest absolute Gasteiger partial charge is 0.225 e. The largest absolute Gasteiger partial charge is 0.491 e. The van der Waals surface area contributed by atoms with Crippen LogP contribution in [0, 0.1) is 5.92 Å². The molecule has 1 amide bonds. The summed E-state index contributed by atoms with van der Waals surface area (Å²) in [4.78, 5) is 16.7. The summed E-state index contributed by atoms with van der Waals surface area (Å²) in [6, 6.07) is 9.49. The van der Waals surface area contributed by atoms with Gasteiger partial charge in [0.05, 0.1) is 6.54 Å². The number of carbonyl (C=O) groups excluding carboxylic acids is 1. The highest BCUT2D eigenvalue weighted by Crippen LogP contribution is 2.27. The van der Waals surface area contributed by atoms with Gasteiger partial charge in [-0.1, -0.05) is 18.2 Å². The van der Waals surface area contributed by atoms with Gasteiger partial charge in [-0.3, -0.25) is 4.79 Å². The van der Waals surface area contributed by atoms with Crippen LogP contribution in [-0.2, 0) is 4.79 Å². The molecule has 1 aromatic rings. The van der Waals surface area contributed by atoms with Gasteiger partial charge in [0.25, 0.3) is 0 Å². The number of likely N-dealkylation sites (tertiary alicyclic amines) is 2. The van der Waals surface area contributed by atoms with Crippen LogP contribution >= 0.6 is 0 Å². The lowest BCUT2D eigenvalue weighted by molar-refractivity contribution is -0.137. The molecule has 1 atom stereocenters. The van der Waals surface area contributed by atoms with Gasteiger partial charge in [-0.2, -0.15) is 0 Å². The van der Waals surface area contributed by atoms with E-state index in [2.05, 4.69) is 11.9 Å². The molecule has 5 nitrogen and oxygen atoms in total. The Morgan fingerprint density at radius 1 is 1.26 bits per heavy atom. The van der Waals surface area contributed by atoms with Crippen molar-refractivity contribution in [2.24, 2.45) is 5.92 Å². The van der Waals surface area contributed by atoms with Gasteiger partial charge in [-0.05, 0) is 51.5 Å². The highest BCUT2D eigenvalue weighted by molar-refractivity contribution is 5.79. The zero-order valence-electron chi connectivity index (χ0n) is 13.8. The van der Waals surface area contributed by atoms with Crippen molar-refractivity contribution in [1.29, 1.82) is 0 Å². The van der Waals surface area contributed by atoms with Gasteiger partial charge < -0.3 is 19.6 Å². The van der Waals surface area contributed by atoms with Gasteiger partial charge in [0.2, 0.25) is 5.91 Å². The highest BCUT2D eigenvalue weighted by atomic mass is 16.5. The Kier molecular flexibility index (Phi) is 4.87. The monoisotopic (exact) mass is 318 g/mol. The van der Waals surface area contributed by atoms with Gasteiger partial charge in [-0.15, -0.1) is 0 Å².